The van der Waals surface area contributed by atoms with Gasteiger partial charge in [-0.25, -0.2) is 0 Å². The summed E-state index contributed by atoms with van der Waals surface area (Å²) in [6, 6.07) is 9.02. The smallest absolute Gasteiger partial charge is 0.392 e. The molecule has 0 saturated heterocycles. The van der Waals surface area contributed by atoms with Gasteiger partial charge in [0.2, 0.25) is 0 Å². The third-order valence-corrected chi connectivity index (χ3v) is 4.51. The summed E-state index contributed by atoms with van der Waals surface area (Å²) in [5.41, 5.74) is 0.0503. The lowest BCUT2D eigenvalue weighted by molar-refractivity contribution is -0.137. The molecular weight excluding hydrogens is 297 g/mol. The van der Waals surface area contributed by atoms with Crippen molar-refractivity contribution in [3.05, 3.63) is 57.3 Å². The van der Waals surface area contributed by atoms with Crippen LogP contribution >= 0.6 is 11.3 Å². The number of alkyl halides is 3. The molecule has 0 spiro atoms. The molecule has 0 bridgehead atoms. The standard InChI is InChI=1S/C16H17F3OS/c1-2-14-7-8-15(21-14)10-13(20)9-11-3-5-12(6-4-11)16(17,18)19/h3-8,13,20H,2,9-10H2,1H3. The molecule has 2 rings (SSSR count). The molecule has 0 aliphatic heterocycles. The molecule has 1 aromatic heterocycles. The summed E-state index contributed by atoms with van der Waals surface area (Å²) in [5.74, 6) is 0. The first-order valence-corrected chi connectivity index (χ1v) is 7.62. The molecule has 1 unspecified atom stereocenters. The molecule has 0 fully saturated rings. The zero-order valence-electron chi connectivity index (χ0n) is 11.7. The Labute approximate surface area is 126 Å². The molecule has 1 N–H and O–H groups in total. The van der Waals surface area contributed by atoms with Crippen molar-refractivity contribution < 1.29 is 18.3 Å². The number of aliphatic hydroxyl groups excluding tert-OH is 1. The number of hydrogen-bond donors (Lipinski definition) is 1. The highest BCUT2D eigenvalue weighted by molar-refractivity contribution is 7.11. The number of aryl methyl sites for hydroxylation is 1. The van der Waals surface area contributed by atoms with E-state index in [4.69, 9.17) is 0 Å². The summed E-state index contributed by atoms with van der Waals surface area (Å²) in [6.07, 6.45) is -3.03. The average Bonchev–Trinajstić information content (AvgIpc) is 2.85. The van der Waals surface area contributed by atoms with Crippen LogP contribution in [-0.2, 0) is 25.4 Å². The van der Waals surface area contributed by atoms with Gasteiger partial charge in [-0.05, 0) is 42.7 Å². The summed E-state index contributed by atoms with van der Waals surface area (Å²) in [7, 11) is 0. The van der Waals surface area contributed by atoms with Crippen LogP contribution in [0.3, 0.4) is 0 Å². The van der Waals surface area contributed by atoms with E-state index in [1.807, 2.05) is 12.1 Å². The fourth-order valence-electron chi connectivity index (χ4n) is 2.13. The van der Waals surface area contributed by atoms with Gasteiger partial charge >= 0.3 is 6.18 Å². The molecule has 1 heterocycles. The molecule has 1 aromatic carbocycles. The van der Waals surface area contributed by atoms with E-state index in [1.165, 1.54) is 17.0 Å². The topological polar surface area (TPSA) is 20.2 Å². The second-order valence-corrected chi connectivity index (χ2v) is 6.23. The number of thiophene rings is 1. The van der Waals surface area contributed by atoms with Gasteiger partial charge in [-0.15, -0.1) is 11.3 Å². The van der Waals surface area contributed by atoms with Crippen molar-refractivity contribution >= 4 is 11.3 Å². The van der Waals surface area contributed by atoms with E-state index >= 15 is 0 Å². The molecule has 1 nitrogen and oxygen atoms in total. The van der Waals surface area contributed by atoms with Gasteiger partial charge in [0, 0.05) is 16.2 Å². The molecular formula is C16H17F3OS. The zero-order chi connectivity index (χ0) is 15.5. The molecule has 114 valence electrons. The van der Waals surface area contributed by atoms with Crippen molar-refractivity contribution in [1.29, 1.82) is 0 Å². The van der Waals surface area contributed by atoms with Gasteiger partial charge in [0.15, 0.2) is 0 Å². The quantitative estimate of drug-likeness (QED) is 0.863. The van der Waals surface area contributed by atoms with E-state index in [2.05, 4.69) is 6.92 Å². The first-order valence-electron chi connectivity index (χ1n) is 6.80. The highest BCUT2D eigenvalue weighted by Crippen LogP contribution is 2.29. The first kappa shape index (κ1) is 16.0. The predicted octanol–water partition coefficient (Wildman–Crippen LogP) is 4.48. The number of halogens is 3. The maximum Gasteiger partial charge on any atom is 0.416 e. The number of hydrogen-bond acceptors (Lipinski definition) is 2. The Morgan fingerprint density at radius 3 is 2.14 bits per heavy atom. The van der Waals surface area contributed by atoms with Crippen molar-refractivity contribution in [3.63, 3.8) is 0 Å². The van der Waals surface area contributed by atoms with Gasteiger partial charge in [0.1, 0.15) is 0 Å². The van der Waals surface area contributed by atoms with Gasteiger partial charge in [0.05, 0.1) is 11.7 Å². The van der Waals surface area contributed by atoms with Crippen molar-refractivity contribution in [2.45, 2.75) is 38.5 Å². The third kappa shape index (κ3) is 4.58. The van der Waals surface area contributed by atoms with E-state index in [-0.39, 0.29) is 0 Å². The number of benzene rings is 1. The summed E-state index contributed by atoms with van der Waals surface area (Å²) < 4.78 is 37.4. The highest BCUT2D eigenvalue weighted by atomic mass is 32.1. The molecule has 1 atom stereocenters. The summed E-state index contributed by atoms with van der Waals surface area (Å²) >= 11 is 1.67. The molecule has 0 radical (unpaired) electrons. The van der Waals surface area contributed by atoms with E-state index in [9.17, 15) is 18.3 Å². The third-order valence-electron chi connectivity index (χ3n) is 3.26. The molecule has 0 saturated carbocycles. The van der Waals surface area contributed by atoms with E-state index < -0.39 is 17.8 Å². The monoisotopic (exact) mass is 314 g/mol. The van der Waals surface area contributed by atoms with Gasteiger partial charge in [0.25, 0.3) is 0 Å². The molecule has 5 heteroatoms. The van der Waals surface area contributed by atoms with Gasteiger partial charge < -0.3 is 5.11 Å². The minimum atomic E-state index is -4.31. The van der Waals surface area contributed by atoms with Crippen molar-refractivity contribution in [2.24, 2.45) is 0 Å². The van der Waals surface area contributed by atoms with Crippen LogP contribution in [0.2, 0.25) is 0 Å². The lowest BCUT2D eigenvalue weighted by Gasteiger charge is -2.11. The lowest BCUT2D eigenvalue weighted by Crippen LogP contribution is -2.13. The van der Waals surface area contributed by atoms with Crippen LogP contribution in [0.4, 0.5) is 13.2 Å². The molecule has 0 aliphatic carbocycles. The fraction of sp³-hybridized carbons (Fsp3) is 0.375. The zero-order valence-corrected chi connectivity index (χ0v) is 12.5. The van der Waals surface area contributed by atoms with Crippen molar-refractivity contribution in [2.75, 3.05) is 0 Å². The maximum atomic E-state index is 12.5. The average molecular weight is 314 g/mol. The van der Waals surface area contributed by atoms with E-state index in [0.717, 1.165) is 23.4 Å². The molecule has 0 amide bonds. The van der Waals surface area contributed by atoms with Gasteiger partial charge in [-0.3, -0.25) is 0 Å². The Morgan fingerprint density at radius 1 is 1.00 bits per heavy atom. The lowest BCUT2D eigenvalue weighted by atomic mass is 10.0. The largest absolute Gasteiger partial charge is 0.416 e. The van der Waals surface area contributed by atoms with E-state index in [1.54, 1.807) is 11.3 Å². The summed E-state index contributed by atoms with van der Waals surface area (Å²) in [4.78, 5) is 2.37. The van der Waals surface area contributed by atoms with Gasteiger partial charge in [-0.2, -0.15) is 13.2 Å². The van der Waals surface area contributed by atoms with Crippen LogP contribution < -0.4 is 0 Å². The van der Waals surface area contributed by atoms with Crippen LogP contribution in [0, 0.1) is 0 Å². The van der Waals surface area contributed by atoms with Crippen LogP contribution in [0.25, 0.3) is 0 Å². The van der Waals surface area contributed by atoms with Crippen molar-refractivity contribution in [1.82, 2.24) is 0 Å². The molecule has 21 heavy (non-hydrogen) atoms. The Balaban J connectivity index is 1.94. The Morgan fingerprint density at radius 2 is 1.62 bits per heavy atom. The second kappa shape index (κ2) is 6.62. The number of aliphatic hydroxyl groups is 1. The molecule has 2 aromatic rings. The van der Waals surface area contributed by atoms with Crippen LogP contribution in [0.15, 0.2) is 36.4 Å². The van der Waals surface area contributed by atoms with Crippen molar-refractivity contribution in [3.8, 4) is 0 Å². The maximum absolute atomic E-state index is 12.5. The normalized spacial score (nSPS) is 13.4. The summed E-state index contributed by atoms with van der Waals surface area (Å²) in [5, 5.41) is 10.1. The highest BCUT2D eigenvalue weighted by Gasteiger charge is 2.29. The van der Waals surface area contributed by atoms with Gasteiger partial charge in [-0.1, -0.05) is 19.1 Å². The first-order chi connectivity index (χ1) is 9.88. The second-order valence-electron chi connectivity index (χ2n) is 4.98. The summed E-state index contributed by atoms with van der Waals surface area (Å²) in [6.45, 7) is 2.08. The minimum absolute atomic E-state index is 0.359. The minimum Gasteiger partial charge on any atom is -0.392 e. The fourth-order valence-corrected chi connectivity index (χ4v) is 3.16. The predicted molar refractivity (Wildman–Crippen MR) is 78.6 cm³/mol. The Hall–Kier alpha value is -1.33. The van der Waals surface area contributed by atoms with E-state index in [0.29, 0.717) is 18.4 Å². The Bertz CT molecular complexity index is 572. The SMILES string of the molecule is CCc1ccc(CC(O)Cc2ccc(C(F)(F)F)cc2)s1. The Kier molecular flexibility index (Phi) is 5.06. The molecule has 0 aliphatic rings. The van der Waals surface area contributed by atoms with Crippen LogP contribution in [-0.4, -0.2) is 11.2 Å². The number of rotatable bonds is 5. The van der Waals surface area contributed by atoms with Crippen LogP contribution in [0.1, 0.15) is 27.8 Å². The van der Waals surface area contributed by atoms with Crippen LogP contribution in [0.5, 0.6) is 0 Å².